The van der Waals surface area contributed by atoms with Gasteiger partial charge in [-0.3, -0.25) is 0 Å². The molecule has 0 radical (unpaired) electrons. The fraction of sp³-hybridized carbons (Fsp3) is 0.158. The van der Waals surface area contributed by atoms with Gasteiger partial charge in [0.15, 0.2) is 0 Å². The van der Waals surface area contributed by atoms with Gasteiger partial charge in [0, 0.05) is 12.2 Å². The van der Waals surface area contributed by atoms with Crippen molar-refractivity contribution in [3.8, 4) is 0 Å². The molecule has 4 N–H and O–H groups in total. The third-order valence-corrected chi connectivity index (χ3v) is 4.97. The van der Waals surface area contributed by atoms with E-state index in [0.29, 0.717) is 24.4 Å². The fourth-order valence-electron chi connectivity index (χ4n) is 2.73. The third-order valence-electron chi connectivity index (χ3n) is 4.18. The lowest BCUT2D eigenvalue weighted by Crippen LogP contribution is -2.14. The quantitative estimate of drug-likeness (QED) is 0.466. The Hall–Kier alpha value is -3.26. The summed E-state index contributed by atoms with van der Waals surface area (Å²) in [6.45, 7) is 2.84. The zero-order valence-corrected chi connectivity index (χ0v) is 15.6. The SMILES string of the molecule is CC(CNc1nc(N)nc(Nc2ccc3ncsc3c2)n1)c1ccccc1. The molecule has 1 atom stereocenters. The van der Waals surface area contributed by atoms with Crippen LogP contribution < -0.4 is 16.4 Å². The topological polar surface area (TPSA) is 102 Å². The number of thiazole rings is 1. The van der Waals surface area contributed by atoms with Gasteiger partial charge in [0.2, 0.25) is 17.8 Å². The number of nitrogens with zero attached hydrogens (tertiary/aromatic N) is 4. The number of nitrogens with two attached hydrogens (primary N) is 1. The first kappa shape index (κ1) is 17.2. The van der Waals surface area contributed by atoms with Gasteiger partial charge < -0.3 is 16.4 Å². The van der Waals surface area contributed by atoms with Gasteiger partial charge in [-0.25, -0.2) is 4.98 Å². The van der Waals surface area contributed by atoms with E-state index in [1.54, 1.807) is 11.3 Å². The molecular weight excluding hydrogens is 358 g/mol. The summed E-state index contributed by atoms with van der Waals surface area (Å²) >= 11 is 1.59. The van der Waals surface area contributed by atoms with E-state index in [0.717, 1.165) is 15.9 Å². The molecule has 4 rings (SSSR count). The summed E-state index contributed by atoms with van der Waals surface area (Å²) in [5, 5.41) is 6.43. The van der Waals surface area contributed by atoms with Crippen LogP contribution in [0.3, 0.4) is 0 Å². The summed E-state index contributed by atoms with van der Waals surface area (Å²) in [4.78, 5) is 17.1. The van der Waals surface area contributed by atoms with Crippen LogP contribution >= 0.6 is 11.3 Å². The highest BCUT2D eigenvalue weighted by Crippen LogP contribution is 2.24. The lowest BCUT2D eigenvalue weighted by molar-refractivity contribution is 0.796. The second-order valence-electron chi connectivity index (χ2n) is 6.19. The highest BCUT2D eigenvalue weighted by atomic mass is 32.1. The number of hydrogen-bond acceptors (Lipinski definition) is 8. The van der Waals surface area contributed by atoms with Crippen molar-refractivity contribution in [1.82, 2.24) is 19.9 Å². The molecule has 0 fully saturated rings. The Labute approximate surface area is 160 Å². The molecule has 2 aromatic carbocycles. The van der Waals surface area contributed by atoms with E-state index in [4.69, 9.17) is 5.73 Å². The van der Waals surface area contributed by atoms with Crippen molar-refractivity contribution in [2.24, 2.45) is 0 Å². The Kier molecular flexibility index (Phi) is 4.80. The molecule has 0 saturated carbocycles. The molecule has 0 saturated heterocycles. The zero-order chi connectivity index (χ0) is 18.6. The van der Waals surface area contributed by atoms with Crippen LogP contribution in [0.15, 0.2) is 54.0 Å². The lowest BCUT2D eigenvalue weighted by Gasteiger charge is -2.13. The second kappa shape index (κ2) is 7.55. The van der Waals surface area contributed by atoms with Crippen LogP contribution in [0.4, 0.5) is 23.5 Å². The molecule has 0 aliphatic rings. The highest BCUT2D eigenvalue weighted by molar-refractivity contribution is 7.16. The van der Waals surface area contributed by atoms with Gasteiger partial charge in [0.25, 0.3) is 0 Å². The number of benzene rings is 2. The van der Waals surface area contributed by atoms with Crippen LogP contribution in [0.5, 0.6) is 0 Å². The third kappa shape index (κ3) is 4.12. The summed E-state index contributed by atoms with van der Waals surface area (Å²) in [7, 11) is 0. The maximum atomic E-state index is 5.85. The Bertz CT molecular complexity index is 1050. The molecule has 0 aliphatic heterocycles. The number of rotatable bonds is 6. The van der Waals surface area contributed by atoms with Crippen molar-refractivity contribution >= 4 is 45.1 Å². The summed E-state index contributed by atoms with van der Waals surface area (Å²) in [6.07, 6.45) is 0. The Morgan fingerprint density at radius 3 is 2.70 bits per heavy atom. The minimum absolute atomic E-state index is 0.168. The molecule has 0 aliphatic carbocycles. The van der Waals surface area contributed by atoms with Gasteiger partial charge in [-0.1, -0.05) is 37.3 Å². The first-order chi connectivity index (χ1) is 13.2. The van der Waals surface area contributed by atoms with Gasteiger partial charge in [-0.2, -0.15) is 15.0 Å². The van der Waals surface area contributed by atoms with Gasteiger partial charge in [0.1, 0.15) is 0 Å². The summed E-state index contributed by atoms with van der Waals surface area (Å²) in [5.74, 6) is 1.34. The maximum Gasteiger partial charge on any atom is 0.233 e. The molecule has 7 nitrogen and oxygen atoms in total. The molecule has 1 unspecified atom stereocenters. The normalized spacial score (nSPS) is 12.0. The summed E-state index contributed by atoms with van der Waals surface area (Å²) < 4.78 is 1.09. The van der Waals surface area contributed by atoms with Gasteiger partial charge >= 0.3 is 0 Å². The number of hydrogen-bond donors (Lipinski definition) is 3. The maximum absolute atomic E-state index is 5.85. The van der Waals surface area contributed by atoms with Crippen LogP contribution in [-0.4, -0.2) is 26.5 Å². The molecule has 0 amide bonds. The number of fused-ring (bicyclic) bond motifs is 1. The van der Waals surface area contributed by atoms with Crippen LogP contribution in [0.2, 0.25) is 0 Å². The average Bonchev–Trinajstić information content (AvgIpc) is 3.14. The molecule has 4 aromatic rings. The molecule has 2 aromatic heterocycles. The molecule has 0 spiro atoms. The van der Waals surface area contributed by atoms with Crippen molar-refractivity contribution in [2.75, 3.05) is 22.9 Å². The van der Waals surface area contributed by atoms with Crippen molar-refractivity contribution < 1.29 is 0 Å². The van der Waals surface area contributed by atoms with Crippen LogP contribution in [0.25, 0.3) is 10.2 Å². The number of aromatic nitrogens is 4. The van der Waals surface area contributed by atoms with Crippen molar-refractivity contribution in [2.45, 2.75) is 12.8 Å². The van der Waals surface area contributed by atoms with Crippen LogP contribution in [0.1, 0.15) is 18.4 Å². The molecule has 27 heavy (non-hydrogen) atoms. The molecule has 136 valence electrons. The first-order valence-electron chi connectivity index (χ1n) is 8.58. The van der Waals surface area contributed by atoms with Crippen LogP contribution in [0, 0.1) is 0 Å². The van der Waals surface area contributed by atoms with E-state index in [1.165, 1.54) is 5.56 Å². The zero-order valence-electron chi connectivity index (χ0n) is 14.8. The van der Waals surface area contributed by atoms with E-state index >= 15 is 0 Å². The summed E-state index contributed by atoms with van der Waals surface area (Å²) in [5.41, 5.74) is 10.8. The molecule has 0 bridgehead atoms. The predicted molar refractivity (Wildman–Crippen MR) is 110 cm³/mol. The van der Waals surface area contributed by atoms with E-state index in [9.17, 15) is 0 Å². The predicted octanol–water partition coefficient (Wildman–Crippen LogP) is 4.02. The second-order valence-corrected chi connectivity index (χ2v) is 7.08. The number of anilines is 4. The fourth-order valence-corrected chi connectivity index (χ4v) is 3.45. The largest absolute Gasteiger partial charge is 0.368 e. The smallest absolute Gasteiger partial charge is 0.233 e. The van der Waals surface area contributed by atoms with Gasteiger partial charge in [0.05, 0.1) is 15.7 Å². The lowest BCUT2D eigenvalue weighted by atomic mass is 10.0. The van der Waals surface area contributed by atoms with E-state index in [2.05, 4.69) is 49.6 Å². The van der Waals surface area contributed by atoms with Crippen LogP contribution in [-0.2, 0) is 0 Å². The van der Waals surface area contributed by atoms with E-state index in [-0.39, 0.29) is 5.95 Å². The van der Waals surface area contributed by atoms with Crippen molar-refractivity contribution in [3.63, 3.8) is 0 Å². The Balaban J connectivity index is 1.47. The number of nitrogen functional groups attached to an aromatic ring is 1. The molecule has 8 heteroatoms. The van der Waals surface area contributed by atoms with Gasteiger partial charge in [-0.05, 0) is 29.7 Å². The first-order valence-corrected chi connectivity index (χ1v) is 9.46. The summed E-state index contributed by atoms with van der Waals surface area (Å²) in [6, 6.07) is 16.2. The average molecular weight is 377 g/mol. The molecular formula is C19H19N7S. The molecule has 2 heterocycles. The van der Waals surface area contributed by atoms with E-state index < -0.39 is 0 Å². The van der Waals surface area contributed by atoms with Gasteiger partial charge in [-0.15, -0.1) is 11.3 Å². The van der Waals surface area contributed by atoms with Crippen molar-refractivity contribution in [3.05, 3.63) is 59.6 Å². The minimum Gasteiger partial charge on any atom is -0.368 e. The Morgan fingerprint density at radius 2 is 1.85 bits per heavy atom. The minimum atomic E-state index is 0.168. The number of nitrogens with one attached hydrogen (secondary N) is 2. The van der Waals surface area contributed by atoms with E-state index in [1.807, 2.05) is 41.9 Å². The standard InChI is InChI=1S/C19H19N7S/c1-12(13-5-3-2-4-6-13)10-21-18-24-17(20)25-19(26-18)23-14-7-8-15-16(9-14)27-11-22-15/h2-9,11-12H,10H2,1H3,(H4,20,21,23,24,25,26). The highest BCUT2D eigenvalue weighted by Gasteiger charge is 2.09. The van der Waals surface area contributed by atoms with Crippen molar-refractivity contribution in [1.29, 1.82) is 0 Å². The monoisotopic (exact) mass is 377 g/mol. The Morgan fingerprint density at radius 1 is 1.04 bits per heavy atom.